The minimum absolute atomic E-state index is 0.0976. The second kappa shape index (κ2) is 4.66. The van der Waals surface area contributed by atoms with E-state index in [2.05, 4.69) is 20.4 Å². The molecule has 6 rings (SSSR count). The van der Waals surface area contributed by atoms with Crippen molar-refractivity contribution >= 4 is 5.91 Å². The first-order valence-electron chi connectivity index (χ1n) is 8.74. The Kier molecular flexibility index (Phi) is 2.80. The predicted octanol–water partition coefficient (Wildman–Crippen LogP) is 1.24. The third-order valence-electron chi connectivity index (χ3n) is 5.94. The molecule has 0 spiro atoms. The lowest BCUT2D eigenvalue weighted by Gasteiger charge is -2.29. The first-order valence-corrected chi connectivity index (χ1v) is 8.74. The van der Waals surface area contributed by atoms with Crippen molar-refractivity contribution in [3.8, 4) is 5.82 Å². The zero-order chi connectivity index (χ0) is 17.5. The lowest BCUT2D eigenvalue weighted by Crippen LogP contribution is -2.46. The van der Waals surface area contributed by atoms with Gasteiger partial charge in [0.2, 0.25) is 0 Å². The van der Waals surface area contributed by atoms with Gasteiger partial charge in [-0.05, 0) is 23.2 Å². The molecule has 130 valence electrons. The van der Waals surface area contributed by atoms with Gasteiger partial charge >= 0.3 is 0 Å². The molecule has 1 amide bonds. The third kappa shape index (κ3) is 1.96. The first kappa shape index (κ1) is 15.0. The van der Waals surface area contributed by atoms with Crippen LogP contribution in [0.2, 0.25) is 0 Å². The van der Waals surface area contributed by atoms with Gasteiger partial charge in [0, 0.05) is 23.9 Å². The molecule has 2 saturated carbocycles. The molecule has 7 heteroatoms. The van der Waals surface area contributed by atoms with E-state index in [1.807, 2.05) is 20.8 Å². The monoisotopic (exact) mass is 339 g/mol. The van der Waals surface area contributed by atoms with E-state index in [1.165, 1.54) is 0 Å². The van der Waals surface area contributed by atoms with Crippen LogP contribution in [0.25, 0.3) is 5.82 Å². The SMILES string of the molecule is CC(C)(C)[C@@H](CO)NC(=O)c1nn(-c2cnccn2)c2c1C1C3C2C13. The van der Waals surface area contributed by atoms with Gasteiger partial charge < -0.3 is 10.4 Å². The van der Waals surface area contributed by atoms with Crippen molar-refractivity contribution in [2.45, 2.75) is 38.6 Å². The minimum atomic E-state index is -0.318. The molecule has 0 radical (unpaired) electrons. The topological polar surface area (TPSA) is 92.9 Å². The van der Waals surface area contributed by atoms with Gasteiger partial charge in [-0.15, -0.1) is 0 Å². The number of hydrogen-bond donors (Lipinski definition) is 2. The molecule has 0 aromatic carbocycles. The smallest absolute Gasteiger partial charge is 0.272 e. The molecular weight excluding hydrogens is 318 g/mol. The zero-order valence-electron chi connectivity index (χ0n) is 14.5. The van der Waals surface area contributed by atoms with E-state index in [9.17, 15) is 9.90 Å². The molecule has 0 aliphatic heterocycles. The second-order valence-corrected chi connectivity index (χ2v) is 8.40. The standard InChI is InChI=1S/C18H21N5O2/c1-18(2,3)8(7-24)21-17(25)15-14-12-10-11(12)13(10)16(14)23(22-15)9-6-19-4-5-20-9/h4-6,8,10-13,24H,7H2,1-3H3,(H,21,25)/t8-,10?,11?,12?,13?/m1/s1. The van der Waals surface area contributed by atoms with Crippen molar-refractivity contribution in [2.24, 2.45) is 17.3 Å². The van der Waals surface area contributed by atoms with E-state index in [4.69, 9.17) is 0 Å². The van der Waals surface area contributed by atoms with Crippen molar-refractivity contribution in [2.75, 3.05) is 6.61 Å². The molecule has 3 atom stereocenters. The summed E-state index contributed by atoms with van der Waals surface area (Å²) in [6.07, 6.45) is 4.93. The van der Waals surface area contributed by atoms with Crippen molar-refractivity contribution in [3.05, 3.63) is 35.5 Å². The summed E-state index contributed by atoms with van der Waals surface area (Å²) >= 11 is 0. The maximum Gasteiger partial charge on any atom is 0.272 e. The van der Waals surface area contributed by atoms with Gasteiger partial charge in [-0.3, -0.25) is 9.78 Å². The normalized spacial score (nSPS) is 29.0. The van der Waals surface area contributed by atoms with Gasteiger partial charge in [-0.25, -0.2) is 9.67 Å². The average Bonchev–Trinajstić information content (AvgIpc) is 3.33. The van der Waals surface area contributed by atoms with E-state index >= 15 is 0 Å². The van der Waals surface area contributed by atoms with Crippen LogP contribution in [0, 0.1) is 17.3 Å². The molecule has 2 heterocycles. The lowest BCUT2D eigenvalue weighted by molar-refractivity contribution is 0.0841. The maximum absolute atomic E-state index is 12.9. The van der Waals surface area contributed by atoms with Crippen LogP contribution in [0.1, 0.15) is 54.4 Å². The Morgan fingerprint density at radius 2 is 2.08 bits per heavy atom. The Bertz CT molecular complexity index is 860. The molecule has 2 aromatic heterocycles. The maximum atomic E-state index is 12.9. The number of rotatable bonds is 4. The van der Waals surface area contributed by atoms with E-state index in [0.717, 1.165) is 11.3 Å². The third-order valence-corrected chi connectivity index (χ3v) is 5.94. The molecule has 2 unspecified atom stereocenters. The summed E-state index contributed by atoms with van der Waals surface area (Å²) in [6, 6.07) is -0.318. The molecule has 0 saturated heterocycles. The molecule has 4 aliphatic carbocycles. The van der Waals surface area contributed by atoms with Crippen LogP contribution >= 0.6 is 0 Å². The number of amides is 1. The highest BCUT2D eigenvalue weighted by atomic mass is 16.3. The first-order chi connectivity index (χ1) is 11.9. The Hall–Kier alpha value is -2.28. The van der Waals surface area contributed by atoms with Crippen LogP contribution in [0.3, 0.4) is 0 Å². The zero-order valence-corrected chi connectivity index (χ0v) is 14.5. The molecule has 25 heavy (non-hydrogen) atoms. The second-order valence-electron chi connectivity index (χ2n) is 8.40. The fraction of sp³-hybridized carbons (Fsp3) is 0.556. The predicted molar refractivity (Wildman–Crippen MR) is 89.4 cm³/mol. The highest BCUT2D eigenvalue weighted by Gasteiger charge is 2.81. The Labute approximate surface area is 145 Å². The van der Waals surface area contributed by atoms with E-state index < -0.39 is 0 Å². The number of hydrogen-bond acceptors (Lipinski definition) is 5. The number of aliphatic hydroxyl groups excluding tert-OH is 1. The Morgan fingerprint density at radius 3 is 2.68 bits per heavy atom. The fourth-order valence-electron chi connectivity index (χ4n) is 4.37. The lowest BCUT2D eigenvalue weighted by atomic mass is 9.87. The molecule has 2 fully saturated rings. The van der Waals surface area contributed by atoms with E-state index in [1.54, 1.807) is 23.3 Å². The minimum Gasteiger partial charge on any atom is -0.394 e. The summed E-state index contributed by atoms with van der Waals surface area (Å²) in [5, 5.41) is 17.2. The van der Waals surface area contributed by atoms with Crippen LogP contribution < -0.4 is 5.32 Å². The van der Waals surface area contributed by atoms with Gasteiger partial charge in [0.15, 0.2) is 11.5 Å². The Balaban J connectivity index is 1.52. The van der Waals surface area contributed by atoms with Gasteiger partial charge in [-0.2, -0.15) is 5.10 Å². The quantitative estimate of drug-likeness (QED) is 0.874. The van der Waals surface area contributed by atoms with Gasteiger partial charge in [0.05, 0.1) is 24.5 Å². The summed E-state index contributed by atoms with van der Waals surface area (Å²) in [4.78, 5) is 21.4. The number of aromatic nitrogens is 4. The molecule has 2 N–H and O–H groups in total. The largest absolute Gasteiger partial charge is 0.394 e. The number of carbonyl (C=O) groups is 1. The number of carbonyl (C=O) groups excluding carboxylic acids is 1. The van der Waals surface area contributed by atoms with Crippen LogP contribution in [0.5, 0.6) is 0 Å². The number of nitrogens with one attached hydrogen (secondary N) is 1. The highest BCUT2D eigenvalue weighted by molar-refractivity contribution is 5.96. The summed E-state index contributed by atoms with van der Waals surface area (Å²) in [7, 11) is 0. The molecular formula is C18H21N5O2. The molecule has 2 aromatic rings. The van der Waals surface area contributed by atoms with Gasteiger partial charge in [0.25, 0.3) is 5.91 Å². The molecule has 7 nitrogen and oxygen atoms in total. The van der Waals surface area contributed by atoms with Crippen molar-refractivity contribution in [3.63, 3.8) is 0 Å². The van der Waals surface area contributed by atoms with Crippen molar-refractivity contribution in [1.29, 1.82) is 0 Å². The number of nitrogens with zero attached hydrogens (tertiary/aromatic N) is 4. The Morgan fingerprint density at radius 1 is 1.32 bits per heavy atom. The summed E-state index contributed by atoms with van der Waals surface area (Å²) in [5.74, 6) is 2.89. The van der Waals surface area contributed by atoms with Crippen LogP contribution in [0.4, 0.5) is 0 Å². The van der Waals surface area contributed by atoms with Crippen molar-refractivity contribution in [1.82, 2.24) is 25.1 Å². The fourth-order valence-corrected chi connectivity index (χ4v) is 4.37. The van der Waals surface area contributed by atoms with Gasteiger partial charge in [-0.1, -0.05) is 20.8 Å². The summed E-state index contributed by atoms with van der Waals surface area (Å²) in [5.41, 5.74) is 2.49. The van der Waals surface area contributed by atoms with Gasteiger partial charge in [0.1, 0.15) is 0 Å². The summed E-state index contributed by atoms with van der Waals surface area (Å²) < 4.78 is 1.80. The van der Waals surface area contributed by atoms with Crippen molar-refractivity contribution < 1.29 is 9.90 Å². The average molecular weight is 339 g/mol. The summed E-state index contributed by atoms with van der Waals surface area (Å²) in [6.45, 7) is 5.90. The van der Waals surface area contributed by atoms with Crippen LogP contribution in [-0.2, 0) is 0 Å². The molecule has 2 bridgehead atoms. The van der Waals surface area contributed by atoms with E-state index in [-0.39, 0.29) is 24.0 Å². The number of aliphatic hydroxyl groups is 1. The molecule has 4 aliphatic rings. The van der Waals surface area contributed by atoms with Crippen LogP contribution in [0.15, 0.2) is 18.6 Å². The van der Waals surface area contributed by atoms with Crippen LogP contribution in [-0.4, -0.2) is 43.4 Å². The highest BCUT2D eigenvalue weighted by Crippen LogP contribution is 2.88. The van der Waals surface area contributed by atoms with E-state index in [0.29, 0.717) is 35.2 Å².